The molecule has 3 aromatic rings. The number of rotatable bonds is 8. The van der Waals surface area contributed by atoms with E-state index in [4.69, 9.17) is 9.47 Å². The predicted octanol–water partition coefficient (Wildman–Crippen LogP) is 4.40. The minimum absolute atomic E-state index is 0.0830. The molecule has 0 saturated carbocycles. The molecule has 9 nitrogen and oxygen atoms in total. The van der Waals surface area contributed by atoms with Crippen LogP contribution in [0, 0.1) is 0 Å². The third-order valence-corrected chi connectivity index (χ3v) is 3.78. The molecule has 3 heterocycles. The Labute approximate surface area is 184 Å². The van der Waals surface area contributed by atoms with Gasteiger partial charge >= 0.3 is 12.2 Å². The van der Waals surface area contributed by atoms with E-state index in [0.29, 0.717) is 23.0 Å². The van der Waals surface area contributed by atoms with Crippen LogP contribution in [0.25, 0.3) is 12.2 Å². The number of carbonyl (C=O) groups excluding carboxylic acids is 2. The highest BCUT2D eigenvalue weighted by molar-refractivity contribution is 5.83. The Morgan fingerprint density at radius 3 is 1.66 bits per heavy atom. The van der Waals surface area contributed by atoms with Gasteiger partial charge in [-0.15, -0.1) is 0 Å². The van der Waals surface area contributed by atoms with Gasteiger partial charge in [-0.1, -0.05) is 18.2 Å². The smallest absolute Gasteiger partial charge is 0.413 e. The first-order valence-corrected chi connectivity index (χ1v) is 9.69. The van der Waals surface area contributed by atoms with Crippen molar-refractivity contribution < 1.29 is 19.1 Å². The van der Waals surface area contributed by atoms with E-state index in [0.717, 1.165) is 0 Å². The average molecular weight is 431 g/mol. The highest BCUT2D eigenvalue weighted by atomic mass is 16.6. The molecule has 0 aliphatic heterocycles. The lowest BCUT2D eigenvalue weighted by molar-refractivity contribution is 0.173. The van der Waals surface area contributed by atoms with E-state index in [1.807, 2.05) is 18.2 Å². The van der Waals surface area contributed by atoms with Crippen LogP contribution in [-0.2, 0) is 9.47 Å². The molecule has 0 fully saturated rings. The molecule has 9 heteroatoms. The van der Waals surface area contributed by atoms with Crippen molar-refractivity contribution in [3.63, 3.8) is 0 Å². The normalized spacial score (nSPS) is 10.8. The maximum absolute atomic E-state index is 11.7. The Morgan fingerprint density at radius 1 is 0.719 bits per heavy atom. The maximum atomic E-state index is 11.7. The number of carbonyl (C=O) groups is 2. The lowest BCUT2D eigenvalue weighted by Gasteiger charge is -2.04. The minimum atomic E-state index is -0.593. The van der Waals surface area contributed by atoms with Crippen LogP contribution < -0.4 is 10.6 Å². The molecule has 3 aromatic heterocycles. The number of ether oxygens (including phenoxy) is 2. The summed E-state index contributed by atoms with van der Waals surface area (Å²) in [6.45, 7) is 0.166. The van der Waals surface area contributed by atoms with Gasteiger partial charge in [0.15, 0.2) is 0 Å². The van der Waals surface area contributed by atoms with Crippen molar-refractivity contribution >= 4 is 36.0 Å². The zero-order valence-corrected chi connectivity index (χ0v) is 17.0. The number of nitrogens with zero attached hydrogens (tertiary/aromatic N) is 3. The number of anilines is 2. The number of pyridine rings is 3. The molecule has 0 aliphatic carbocycles. The summed E-state index contributed by atoms with van der Waals surface area (Å²) in [6, 6.07) is 15.8. The van der Waals surface area contributed by atoms with E-state index in [1.54, 1.807) is 73.1 Å². The van der Waals surface area contributed by atoms with Gasteiger partial charge in [0, 0.05) is 12.4 Å². The molecule has 32 heavy (non-hydrogen) atoms. The second kappa shape index (κ2) is 12.2. The van der Waals surface area contributed by atoms with Crippen molar-refractivity contribution in [3.8, 4) is 0 Å². The zero-order chi connectivity index (χ0) is 22.4. The molecular formula is C23H21N5O4. The lowest BCUT2D eigenvalue weighted by Crippen LogP contribution is -2.14. The van der Waals surface area contributed by atoms with Gasteiger partial charge in [0.1, 0.15) is 24.8 Å². The van der Waals surface area contributed by atoms with Gasteiger partial charge in [0.2, 0.25) is 0 Å². The van der Waals surface area contributed by atoms with Crippen molar-refractivity contribution in [3.05, 3.63) is 90.5 Å². The fraction of sp³-hybridized carbons (Fsp3) is 0.0870. The van der Waals surface area contributed by atoms with Gasteiger partial charge in [-0.05, 0) is 60.7 Å². The second-order valence-corrected chi connectivity index (χ2v) is 6.17. The molecule has 0 aromatic carbocycles. The zero-order valence-electron chi connectivity index (χ0n) is 17.0. The second-order valence-electron chi connectivity index (χ2n) is 6.17. The molecule has 2 N–H and O–H groups in total. The van der Waals surface area contributed by atoms with Crippen LogP contribution in [0.5, 0.6) is 0 Å². The topological polar surface area (TPSA) is 115 Å². The molecular weight excluding hydrogens is 410 g/mol. The summed E-state index contributed by atoms with van der Waals surface area (Å²) in [6.07, 6.45) is 8.80. The third kappa shape index (κ3) is 8.07. The van der Waals surface area contributed by atoms with Gasteiger partial charge in [0.05, 0.1) is 11.4 Å². The van der Waals surface area contributed by atoms with Crippen LogP contribution >= 0.6 is 0 Å². The summed E-state index contributed by atoms with van der Waals surface area (Å²) >= 11 is 0. The molecule has 0 radical (unpaired) electrons. The lowest BCUT2D eigenvalue weighted by atomic mass is 10.2. The van der Waals surface area contributed by atoms with Crippen molar-refractivity contribution in [2.45, 2.75) is 0 Å². The van der Waals surface area contributed by atoms with Crippen LogP contribution in [0.1, 0.15) is 11.4 Å². The van der Waals surface area contributed by atoms with Crippen LogP contribution in [-0.4, -0.2) is 40.4 Å². The molecule has 0 saturated heterocycles. The Morgan fingerprint density at radius 2 is 1.22 bits per heavy atom. The SMILES string of the molecule is O=C(Nc1ccccn1)OC/C=C/c1cccc(/C=C/COC(=O)Nc2ccccn2)n1. The number of nitrogens with one attached hydrogen (secondary N) is 2. The van der Waals surface area contributed by atoms with Crippen molar-refractivity contribution in [2.24, 2.45) is 0 Å². The molecule has 0 aliphatic rings. The first-order chi connectivity index (χ1) is 15.7. The van der Waals surface area contributed by atoms with Gasteiger partial charge in [-0.2, -0.15) is 0 Å². The molecule has 0 bridgehead atoms. The third-order valence-electron chi connectivity index (χ3n) is 3.78. The number of hydrogen-bond donors (Lipinski definition) is 2. The molecule has 0 atom stereocenters. The van der Waals surface area contributed by atoms with Crippen molar-refractivity contribution in [1.29, 1.82) is 0 Å². The van der Waals surface area contributed by atoms with Crippen LogP contribution in [0.3, 0.4) is 0 Å². The van der Waals surface area contributed by atoms with Crippen LogP contribution in [0.2, 0.25) is 0 Å². The number of aromatic nitrogens is 3. The van der Waals surface area contributed by atoms with Crippen LogP contribution in [0.15, 0.2) is 79.1 Å². The number of amides is 2. The fourth-order valence-electron chi connectivity index (χ4n) is 2.39. The Hall–Kier alpha value is -4.53. The van der Waals surface area contributed by atoms with E-state index in [1.165, 1.54) is 0 Å². The summed E-state index contributed by atoms with van der Waals surface area (Å²) in [5.74, 6) is 0.835. The quantitative estimate of drug-likeness (QED) is 0.543. The minimum Gasteiger partial charge on any atom is -0.445 e. The Kier molecular flexibility index (Phi) is 8.47. The van der Waals surface area contributed by atoms with Gasteiger partial charge < -0.3 is 9.47 Å². The molecule has 162 valence electrons. The Bertz CT molecular complexity index is 989. The van der Waals surface area contributed by atoms with E-state index in [-0.39, 0.29) is 13.2 Å². The van der Waals surface area contributed by atoms with E-state index in [2.05, 4.69) is 25.6 Å². The summed E-state index contributed by atoms with van der Waals surface area (Å²) in [7, 11) is 0. The van der Waals surface area contributed by atoms with E-state index < -0.39 is 12.2 Å². The average Bonchev–Trinajstić information content (AvgIpc) is 2.81. The largest absolute Gasteiger partial charge is 0.445 e. The number of hydrogen-bond acceptors (Lipinski definition) is 7. The molecule has 2 amide bonds. The highest BCUT2D eigenvalue weighted by Gasteiger charge is 2.02. The molecule has 3 rings (SSSR count). The summed E-state index contributed by atoms with van der Waals surface area (Å²) < 4.78 is 10.1. The molecule has 0 unspecified atom stereocenters. The summed E-state index contributed by atoms with van der Waals surface area (Å²) in [4.78, 5) is 35.8. The first-order valence-electron chi connectivity index (χ1n) is 9.69. The van der Waals surface area contributed by atoms with Gasteiger partial charge in [-0.25, -0.2) is 24.5 Å². The standard InChI is InChI=1S/C23H21N5O4/c29-22(27-20-12-1-3-14-24-20)31-16-6-10-18-8-5-9-19(26-18)11-7-17-32-23(30)28-21-13-2-4-15-25-21/h1-15H,16-17H2,(H,24,27,29)(H,25,28,30)/b10-6+,11-7+. The first kappa shape index (κ1) is 22.2. The highest BCUT2D eigenvalue weighted by Crippen LogP contribution is 2.05. The maximum Gasteiger partial charge on any atom is 0.413 e. The summed E-state index contributed by atoms with van der Waals surface area (Å²) in [5, 5.41) is 5.05. The van der Waals surface area contributed by atoms with E-state index in [9.17, 15) is 9.59 Å². The predicted molar refractivity (Wildman–Crippen MR) is 121 cm³/mol. The van der Waals surface area contributed by atoms with Gasteiger partial charge in [-0.3, -0.25) is 10.6 Å². The fourth-order valence-corrected chi connectivity index (χ4v) is 2.39. The summed E-state index contributed by atoms with van der Waals surface area (Å²) in [5.41, 5.74) is 1.38. The van der Waals surface area contributed by atoms with Crippen LogP contribution in [0.4, 0.5) is 21.2 Å². The van der Waals surface area contributed by atoms with Crippen molar-refractivity contribution in [2.75, 3.05) is 23.8 Å². The van der Waals surface area contributed by atoms with Crippen molar-refractivity contribution in [1.82, 2.24) is 15.0 Å². The molecule has 0 spiro atoms. The Balaban J connectivity index is 1.39. The monoisotopic (exact) mass is 431 g/mol. The van der Waals surface area contributed by atoms with E-state index >= 15 is 0 Å². The van der Waals surface area contributed by atoms with Gasteiger partial charge in [0.25, 0.3) is 0 Å².